The van der Waals surface area contributed by atoms with Gasteiger partial charge in [-0.1, -0.05) is 0 Å². The highest BCUT2D eigenvalue weighted by molar-refractivity contribution is 5.83. The first-order valence-corrected chi connectivity index (χ1v) is 5.33. The lowest BCUT2D eigenvalue weighted by molar-refractivity contribution is -0.146. The van der Waals surface area contributed by atoms with E-state index in [0.717, 1.165) is 0 Å². The fraction of sp³-hybridized carbons (Fsp3) is 0.800. The van der Waals surface area contributed by atoms with E-state index in [4.69, 9.17) is 4.74 Å². The van der Waals surface area contributed by atoms with Gasteiger partial charge in [-0.05, 0) is 6.92 Å². The quantitative estimate of drug-likeness (QED) is 0.512. The summed E-state index contributed by atoms with van der Waals surface area (Å²) in [6, 6.07) is -0.765. The van der Waals surface area contributed by atoms with Crippen LogP contribution in [0.2, 0.25) is 0 Å². The molecule has 0 radical (unpaired) electrons. The molecule has 0 bridgehead atoms. The van der Waals surface area contributed by atoms with Crippen molar-refractivity contribution in [2.75, 3.05) is 20.3 Å². The lowest BCUT2D eigenvalue weighted by Crippen LogP contribution is -2.43. The van der Waals surface area contributed by atoms with Crippen LogP contribution in [-0.4, -0.2) is 43.9 Å². The van der Waals surface area contributed by atoms with E-state index >= 15 is 0 Å². The number of carbonyl (C=O) groups excluding carboxylic acids is 2. The Kier molecular flexibility index (Phi) is 4.56. The maximum absolute atomic E-state index is 11.3. The normalized spacial score (nSPS) is 17.4. The highest BCUT2D eigenvalue weighted by atomic mass is 16.5. The number of ether oxygens (including phenoxy) is 2. The van der Waals surface area contributed by atoms with Gasteiger partial charge in [0.2, 0.25) is 5.91 Å². The van der Waals surface area contributed by atoms with Crippen molar-refractivity contribution in [1.29, 1.82) is 0 Å². The smallest absolute Gasteiger partial charge is 0.330 e. The Bertz CT molecular complexity index is 324. The average molecular weight is 243 g/mol. The molecule has 0 aliphatic carbocycles. The lowest BCUT2D eigenvalue weighted by atomic mass is 10.2. The molecule has 7 nitrogen and oxygen atoms in total. The van der Waals surface area contributed by atoms with Crippen LogP contribution in [0, 0.1) is 0 Å². The van der Waals surface area contributed by atoms with Crippen LogP contribution in [0.25, 0.3) is 0 Å². The molecular formula is C10H17N3O4. The number of hydrogen-bond donors (Lipinski definition) is 1. The summed E-state index contributed by atoms with van der Waals surface area (Å²) in [6.45, 7) is 3.74. The Hall–Kier alpha value is -1.50. The van der Waals surface area contributed by atoms with Crippen molar-refractivity contribution in [2.45, 2.75) is 32.0 Å². The average Bonchev–Trinajstić information content (AvgIpc) is 3.00. The molecule has 17 heavy (non-hydrogen) atoms. The van der Waals surface area contributed by atoms with Crippen LogP contribution in [0.5, 0.6) is 0 Å². The molecule has 1 amide bonds. The molecule has 0 unspecified atom stereocenters. The molecule has 1 aliphatic heterocycles. The van der Waals surface area contributed by atoms with E-state index in [1.54, 1.807) is 0 Å². The van der Waals surface area contributed by atoms with Gasteiger partial charge in [0, 0.05) is 13.3 Å². The Morgan fingerprint density at radius 1 is 1.41 bits per heavy atom. The van der Waals surface area contributed by atoms with E-state index in [9.17, 15) is 9.59 Å². The van der Waals surface area contributed by atoms with E-state index in [2.05, 4.69) is 20.3 Å². The first kappa shape index (κ1) is 13.6. The first-order valence-electron chi connectivity index (χ1n) is 5.33. The maximum Gasteiger partial charge on any atom is 0.330 e. The molecule has 1 aliphatic rings. The monoisotopic (exact) mass is 243 g/mol. The number of nitrogens with zero attached hydrogens (tertiary/aromatic N) is 2. The fourth-order valence-electron chi connectivity index (χ4n) is 1.21. The predicted molar refractivity (Wildman–Crippen MR) is 58.3 cm³/mol. The summed E-state index contributed by atoms with van der Waals surface area (Å²) in [5.74, 6) is -0.824. The minimum Gasteiger partial charge on any atom is -0.467 e. The van der Waals surface area contributed by atoms with Gasteiger partial charge in [0.25, 0.3) is 0 Å². The van der Waals surface area contributed by atoms with Crippen LogP contribution >= 0.6 is 0 Å². The van der Waals surface area contributed by atoms with Crippen LogP contribution in [0.15, 0.2) is 10.2 Å². The van der Waals surface area contributed by atoms with Crippen LogP contribution < -0.4 is 5.32 Å². The minimum atomic E-state index is -0.765. The number of amides is 1. The van der Waals surface area contributed by atoms with E-state index in [1.165, 1.54) is 14.0 Å². The molecule has 7 heteroatoms. The molecule has 0 aromatic heterocycles. The molecule has 0 aromatic carbocycles. The van der Waals surface area contributed by atoms with E-state index < -0.39 is 12.0 Å². The van der Waals surface area contributed by atoms with Crippen molar-refractivity contribution in [3.05, 3.63) is 0 Å². The fourth-order valence-corrected chi connectivity index (χ4v) is 1.21. The molecule has 0 fully saturated rings. The molecule has 0 saturated carbocycles. The molecule has 96 valence electrons. The third kappa shape index (κ3) is 4.90. The van der Waals surface area contributed by atoms with Crippen molar-refractivity contribution < 1.29 is 19.1 Å². The third-order valence-electron chi connectivity index (χ3n) is 2.31. The Morgan fingerprint density at radius 2 is 2.06 bits per heavy atom. The van der Waals surface area contributed by atoms with Crippen LogP contribution in [0.3, 0.4) is 0 Å². The summed E-state index contributed by atoms with van der Waals surface area (Å²) in [7, 11) is 1.26. The number of methoxy groups -OCH3 is 1. The predicted octanol–water partition coefficient (Wildman–Crippen LogP) is 0.253. The van der Waals surface area contributed by atoms with Crippen molar-refractivity contribution >= 4 is 11.9 Å². The number of rotatable bonds is 7. The van der Waals surface area contributed by atoms with Gasteiger partial charge < -0.3 is 14.8 Å². The molecule has 0 spiro atoms. The summed E-state index contributed by atoms with van der Waals surface area (Å²) in [6.07, 6.45) is 0.668. The van der Waals surface area contributed by atoms with Crippen LogP contribution in [0.4, 0.5) is 0 Å². The molecule has 1 N–H and O–H groups in total. The SMILES string of the molecule is COC(=O)[C@@H](COCCC1(C)N=N1)NC(C)=O. The van der Waals surface area contributed by atoms with Gasteiger partial charge in [-0.2, -0.15) is 10.2 Å². The second kappa shape index (κ2) is 5.72. The number of esters is 1. The minimum absolute atomic E-state index is 0.0856. The molecule has 0 aromatic rings. The van der Waals surface area contributed by atoms with Crippen molar-refractivity contribution in [2.24, 2.45) is 10.2 Å². The maximum atomic E-state index is 11.3. The summed E-state index contributed by atoms with van der Waals surface area (Å²) in [5, 5.41) is 10.1. The second-order valence-corrected chi connectivity index (χ2v) is 4.02. The van der Waals surface area contributed by atoms with Crippen molar-refractivity contribution in [3.8, 4) is 0 Å². The molecule has 1 rings (SSSR count). The van der Waals surface area contributed by atoms with E-state index in [0.29, 0.717) is 13.0 Å². The standard InChI is InChI=1S/C10H17N3O4/c1-7(14)11-8(9(15)16-3)6-17-5-4-10(2)12-13-10/h8H,4-6H2,1-3H3,(H,11,14)/t8-/m1/s1. The summed E-state index contributed by atoms with van der Waals surface area (Å²) in [5.41, 5.74) is -0.311. The van der Waals surface area contributed by atoms with Gasteiger partial charge in [-0.3, -0.25) is 4.79 Å². The largest absolute Gasteiger partial charge is 0.467 e. The topological polar surface area (TPSA) is 89.3 Å². The lowest BCUT2D eigenvalue weighted by Gasteiger charge is -2.15. The number of hydrogen-bond acceptors (Lipinski definition) is 6. The zero-order valence-electron chi connectivity index (χ0n) is 10.2. The number of carbonyl (C=O) groups is 2. The Morgan fingerprint density at radius 3 is 2.53 bits per heavy atom. The molecule has 1 heterocycles. The van der Waals surface area contributed by atoms with Gasteiger partial charge in [0.15, 0.2) is 11.7 Å². The van der Waals surface area contributed by atoms with E-state index in [-0.39, 0.29) is 18.2 Å². The molecule has 1 atom stereocenters. The van der Waals surface area contributed by atoms with Crippen LogP contribution in [-0.2, 0) is 19.1 Å². The molecular weight excluding hydrogens is 226 g/mol. The third-order valence-corrected chi connectivity index (χ3v) is 2.31. The molecule has 0 saturated heterocycles. The van der Waals surface area contributed by atoms with Crippen molar-refractivity contribution in [1.82, 2.24) is 5.32 Å². The van der Waals surface area contributed by atoms with Gasteiger partial charge >= 0.3 is 5.97 Å². The highest BCUT2D eigenvalue weighted by Crippen LogP contribution is 2.30. The Labute approximate surface area is 99.6 Å². The first-order chi connectivity index (χ1) is 7.97. The summed E-state index contributed by atoms with van der Waals surface area (Å²) >= 11 is 0. The van der Waals surface area contributed by atoms with Gasteiger partial charge in [-0.25, -0.2) is 4.79 Å². The van der Waals surface area contributed by atoms with Crippen molar-refractivity contribution in [3.63, 3.8) is 0 Å². The second-order valence-electron chi connectivity index (χ2n) is 4.02. The van der Waals surface area contributed by atoms with E-state index in [1.807, 2.05) is 6.92 Å². The Balaban J connectivity index is 2.23. The highest BCUT2D eigenvalue weighted by Gasteiger charge is 2.33. The van der Waals surface area contributed by atoms with Gasteiger partial charge in [0.1, 0.15) is 0 Å². The zero-order chi connectivity index (χ0) is 12.9. The summed E-state index contributed by atoms with van der Waals surface area (Å²) in [4.78, 5) is 22.2. The summed E-state index contributed by atoms with van der Waals surface area (Å²) < 4.78 is 9.85. The zero-order valence-corrected chi connectivity index (χ0v) is 10.2. The van der Waals surface area contributed by atoms with Crippen LogP contribution in [0.1, 0.15) is 20.3 Å². The van der Waals surface area contributed by atoms with Gasteiger partial charge in [0.05, 0.1) is 20.3 Å². The van der Waals surface area contributed by atoms with Gasteiger partial charge in [-0.15, -0.1) is 0 Å². The number of nitrogens with one attached hydrogen (secondary N) is 1.